The summed E-state index contributed by atoms with van der Waals surface area (Å²) < 4.78 is 0. The van der Waals surface area contributed by atoms with E-state index in [-0.39, 0.29) is 0 Å². The predicted molar refractivity (Wildman–Crippen MR) is 120 cm³/mol. The first-order valence-electron chi connectivity index (χ1n) is 9.64. The first kappa shape index (κ1) is 19.2. The molecule has 0 aliphatic heterocycles. The number of nitrogens with zero attached hydrogens (tertiary/aromatic N) is 4. The molecule has 0 N–H and O–H groups in total. The van der Waals surface area contributed by atoms with Crippen molar-refractivity contribution in [3.8, 4) is 33.5 Å². The average molecular weight is 388 g/mol. The number of aromatic nitrogens is 4. The Kier molecular flexibility index (Phi) is 6.28. The van der Waals surface area contributed by atoms with Crippen molar-refractivity contribution in [1.29, 1.82) is 0 Å². The molecule has 0 saturated heterocycles. The van der Waals surface area contributed by atoms with E-state index in [0.29, 0.717) is 0 Å². The molecule has 0 spiro atoms. The Balaban J connectivity index is 0.000000313. The highest BCUT2D eigenvalue weighted by Crippen LogP contribution is 2.28. The number of hydrogen-bond donors (Lipinski definition) is 0. The smallest absolute Gasteiger partial charge is 0.138 e. The van der Waals surface area contributed by atoms with Crippen LogP contribution in [0, 0.1) is 0 Å². The summed E-state index contributed by atoms with van der Waals surface area (Å²) in [4.78, 5) is 8.18. The summed E-state index contributed by atoms with van der Waals surface area (Å²) in [6, 6.07) is 33.6. The first-order chi connectivity index (χ1) is 14.9. The number of rotatable bonds is 3. The summed E-state index contributed by atoms with van der Waals surface area (Å²) in [5.74, 6) is 0. The summed E-state index contributed by atoms with van der Waals surface area (Å²) >= 11 is 0. The van der Waals surface area contributed by atoms with Gasteiger partial charge in [-0.15, -0.1) is 5.10 Å². The molecule has 5 aromatic rings. The van der Waals surface area contributed by atoms with Gasteiger partial charge in [-0.1, -0.05) is 78.9 Å². The fourth-order valence-electron chi connectivity index (χ4n) is 3.09. The lowest BCUT2D eigenvalue weighted by atomic mass is 10.00. The van der Waals surface area contributed by atoms with Crippen LogP contribution in [-0.2, 0) is 0 Å². The lowest BCUT2D eigenvalue weighted by molar-refractivity contribution is 0.969. The Bertz CT molecular complexity index is 1070. The molecule has 0 aliphatic carbocycles. The van der Waals surface area contributed by atoms with Crippen molar-refractivity contribution >= 4 is 0 Å². The van der Waals surface area contributed by atoms with Gasteiger partial charge in [0.2, 0.25) is 0 Å². The zero-order chi connectivity index (χ0) is 20.4. The van der Waals surface area contributed by atoms with Gasteiger partial charge < -0.3 is 0 Å². The largest absolute Gasteiger partial charge is 0.256 e. The second-order valence-electron chi connectivity index (χ2n) is 6.54. The molecule has 4 nitrogen and oxygen atoms in total. The Morgan fingerprint density at radius 1 is 0.433 bits per heavy atom. The van der Waals surface area contributed by atoms with E-state index in [4.69, 9.17) is 0 Å². The fourth-order valence-corrected chi connectivity index (χ4v) is 3.09. The van der Waals surface area contributed by atoms with Crippen LogP contribution in [0.2, 0.25) is 0 Å². The van der Waals surface area contributed by atoms with Crippen molar-refractivity contribution in [2.45, 2.75) is 0 Å². The van der Waals surface area contributed by atoms with Gasteiger partial charge in [-0.2, -0.15) is 5.10 Å². The van der Waals surface area contributed by atoms with Gasteiger partial charge in [0, 0.05) is 18.0 Å². The van der Waals surface area contributed by atoms with Crippen LogP contribution in [0.15, 0.2) is 122 Å². The van der Waals surface area contributed by atoms with Gasteiger partial charge in [0.25, 0.3) is 0 Å². The summed E-state index contributed by atoms with van der Waals surface area (Å²) in [5, 5.41) is 6.90. The highest BCUT2D eigenvalue weighted by molar-refractivity contribution is 5.74. The summed E-state index contributed by atoms with van der Waals surface area (Å²) in [6.07, 6.45) is 6.37. The predicted octanol–water partition coefficient (Wildman–Crippen LogP) is 5.95. The Morgan fingerprint density at radius 2 is 1.07 bits per heavy atom. The topological polar surface area (TPSA) is 51.6 Å². The molecular formula is C26H20N4. The van der Waals surface area contributed by atoms with Crippen LogP contribution in [-0.4, -0.2) is 20.2 Å². The zero-order valence-electron chi connectivity index (χ0n) is 16.3. The van der Waals surface area contributed by atoms with Crippen LogP contribution in [0.5, 0.6) is 0 Å². The number of hydrogen-bond acceptors (Lipinski definition) is 4. The molecule has 30 heavy (non-hydrogen) atoms. The van der Waals surface area contributed by atoms with Crippen molar-refractivity contribution in [3.05, 3.63) is 122 Å². The van der Waals surface area contributed by atoms with Crippen LogP contribution >= 0.6 is 0 Å². The lowest BCUT2D eigenvalue weighted by Gasteiger charge is -2.07. The highest BCUT2D eigenvalue weighted by atomic mass is 15.1. The monoisotopic (exact) mass is 388 g/mol. The molecule has 0 amide bonds. The molecule has 0 atom stereocenters. The van der Waals surface area contributed by atoms with Gasteiger partial charge in [-0.05, 0) is 40.5 Å². The highest BCUT2D eigenvalue weighted by Gasteiger charge is 2.04. The summed E-state index contributed by atoms with van der Waals surface area (Å²) in [6.45, 7) is 0. The summed E-state index contributed by atoms with van der Waals surface area (Å²) in [7, 11) is 0. The maximum Gasteiger partial charge on any atom is 0.138 e. The van der Waals surface area contributed by atoms with Crippen molar-refractivity contribution in [3.63, 3.8) is 0 Å². The van der Waals surface area contributed by atoms with E-state index in [2.05, 4.69) is 105 Å². The van der Waals surface area contributed by atoms with E-state index >= 15 is 0 Å². The van der Waals surface area contributed by atoms with Crippen molar-refractivity contribution in [1.82, 2.24) is 20.2 Å². The molecule has 144 valence electrons. The molecule has 0 bridgehead atoms. The molecule has 3 aromatic carbocycles. The van der Waals surface area contributed by atoms with Gasteiger partial charge in [-0.25, -0.2) is 4.98 Å². The molecule has 0 unspecified atom stereocenters. The lowest BCUT2D eigenvalue weighted by Crippen LogP contribution is -1.86. The van der Waals surface area contributed by atoms with Gasteiger partial charge in [0.15, 0.2) is 0 Å². The Morgan fingerprint density at radius 3 is 1.63 bits per heavy atom. The third kappa shape index (κ3) is 5.00. The maximum atomic E-state index is 4.57. The van der Waals surface area contributed by atoms with E-state index in [1.165, 1.54) is 34.8 Å². The van der Waals surface area contributed by atoms with Gasteiger partial charge in [0.1, 0.15) is 6.33 Å². The molecule has 4 heteroatoms. The molecule has 0 radical (unpaired) electrons. The standard InChI is InChI=1S/C23H17N.C3H3N3/c1-3-8-18(9-4-1)20-12-7-13-22(16-20)23-17-21(14-15-24-23)19-10-5-2-6-11-19;1-2-5-6-3-4-1/h1-17H;1-3H. The average Bonchev–Trinajstić information content (AvgIpc) is 2.87. The minimum atomic E-state index is 0.995. The number of benzene rings is 3. The second kappa shape index (κ2) is 9.85. The fraction of sp³-hybridized carbons (Fsp3) is 0. The van der Waals surface area contributed by atoms with Gasteiger partial charge in [-0.3, -0.25) is 4.98 Å². The molecule has 0 fully saturated rings. The minimum absolute atomic E-state index is 0.995. The van der Waals surface area contributed by atoms with E-state index in [1.807, 2.05) is 18.3 Å². The molecule has 2 aromatic heterocycles. The summed E-state index contributed by atoms with van der Waals surface area (Å²) in [5.41, 5.74) is 6.95. The van der Waals surface area contributed by atoms with Gasteiger partial charge in [0.05, 0.1) is 11.9 Å². The van der Waals surface area contributed by atoms with Crippen LogP contribution < -0.4 is 0 Å². The second-order valence-corrected chi connectivity index (χ2v) is 6.54. The van der Waals surface area contributed by atoms with Crippen LogP contribution in [0.4, 0.5) is 0 Å². The molecule has 2 heterocycles. The molecular weight excluding hydrogens is 368 g/mol. The third-order valence-electron chi connectivity index (χ3n) is 4.54. The van der Waals surface area contributed by atoms with Gasteiger partial charge >= 0.3 is 0 Å². The molecule has 5 rings (SSSR count). The minimum Gasteiger partial charge on any atom is -0.256 e. The Labute approximate surface area is 176 Å². The number of pyridine rings is 1. The Hall–Kier alpha value is -4.18. The quantitative estimate of drug-likeness (QED) is 0.383. The van der Waals surface area contributed by atoms with E-state index < -0.39 is 0 Å². The maximum absolute atomic E-state index is 4.57. The van der Waals surface area contributed by atoms with Crippen molar-refractivity contribution < 1.29 is 0 Å². The van der Waals surface area contributed by atoms with Crippen molar-refractivity contribution in [2.75, 3.05) is 0 Å². The zero-order valence-corrected chi connectivity index (χ0v) is 16.3. The SMILES string of the molecule is c1ccc(-c2cccc(-c3cc(-c4ccccc4)ccn3)c2)cc1.c1cnncn1. The first-order valence-corrected chi connectivity index (χ1v) is 9.64. The normalized spacial score (nSPS) is 10.0. The van der Waals surface area contributed by atoms with Crippen LogP contribution in [0.25, 0.3) is 33.5 Å². The third-order valence-corrected chi connectivity index (χ3v) is 4.54. The van der Waals surface area contributed by atoms with E-state index in [1.54, 1.807) is 6.20 Å². The molecule has 0 saturated carbocycles. The van der Waals surface area contributed by atoms with Crippen LogP contribution in [0.1, 0.15) is 0 Å². The molecule has 0 aliphatic rings. The van der Waals surface area contributed by atoms with E-state index in [0.717, 1.165) is 11.3 Å². The van der Waals surface area contributed by atoms with Crippen molar-refractivity contribution in [2.24, 2.45) is 0 Å². The van der Waals surface area contributed by atoms with Crippen LogP contribution in [0.3, 0.4) is 0 Å². The van der Waals surface area contributed by atoms with E-state index in [9.17, 15) is 0 Å².